The highest BCUT2D eigenvalue weighted by atomic mass is 16.3. The smallest absolute Gasteiger partial charge is 0.219 e. The lowest BCUT2D eigenvalue weighted by atomic mass is 10.0. The maximum atomic E-state index is 10.6. The zero-order chi connectivity index (χ0) is 9.84. The molecule has 0 spiro atoms. The number of aromatic hydroxyl groups is 1. The number of hydrogen-bond donors (Lipinski definition) is 3. The van der Waals surface area contributed by atoms with Gasteiger partial charge in [-0.25, -0.2) is 0 Å². The van der Waals surface area contributed by atoms with Gasteiger partial charge in [-0.3, -0.25) is 4.79 Å². The Morgan fingerprint density at radius 1 is 1.46 bits per heavy atom. The Bertz CT molecular complexity index is 312. The van der Waals surface area contributed by atoms with Crippen LogP contribution in [0.2, 0.25) is 0 Å². The summed E-state index contributed by atoms with van der Waals surface area (Å²) in [5.74, 6) is -0.382. The van der Waals surface area contributed by atoms with E-state index in [0.717, 1.165) is 0 Å². The van der Waals surface area contributed by atoms with Gasteiger partial charge in [0.1, 0.15) is 5.75 Å². The van der Waals surface area contributed by atoms with Crippen LogP contribution in [0.15, 0.2) is 24.3 Å². The molecule has 0 aliphatic heterocycles. The molecule has 4 heteroatoms. The van der Waals surface area contributed by atoms with Crippen LogP contribution >= 0.6 is 0 Å². The van der Waals surface area contributed by atoms with E-state index in [1.54, 1.807) is 18.2 Å². The van der Waals surface area contributed by atoms with Crippen molar-refractivity contribution >= 4 is 5.91 Å². The lowest BCUT2D eigenvalue weighted by Crippen LogP contribution is -2.20. The maximum absolute atomic E-state index is 10.6. The van der Waals surface area contributed by atoms with E-state index in [2.05, 4.69) is 0 Å². The molecule has 0 radical (unpaired) electrons. The van der Waals surface area contributed by atoms with Crippen LogP contribution < -0.4 is 11.5 Å². The molecule has 13 heavy (non-hydrogen) atoms. The number of primary amides is 1. The first-order chi connectivity index (χ1) is 6.11. The van der Waals surface area contributed by atoms with Crippen molar-refractivity contribution in [3.05, 3.63) is 29.8 Å². The quantitative estimate of drug-likeness (QED) is 0.623. The predicted octanol–water partition coefficient (Wildman–Crippen LogP) is 0.267. The van der Waals surface area contributed by atoms with Crippen LogP contribution in [0, 0.1) is 0 Å². The molecule has 0 aromatic heterocycles. The normalized spacial score (nSPS) is 12.4. The van der Waals surface area contributed by atoms with Gasteiger partial charge in [0.15, 0.2) is 0 Å². The van der Waals surface area contributed by atoms with E-state index in [1.165, 1.54) is 6.07 Å². The molecule has 0 aliphatic carbocycles. The molecule has 1 unspecified atom stereocenters. The maximum Gasteiger partial charge on any atom is 0.219 e. The summed E-state index contributed by atoms with van der Waals surface area (Å²) in [7, 11) is 0. The number of amides is 1. The van der Waals surface area contributed by atoms with Crippen LogP contribution in [-0.4, -0.2) is 11.0 Å². The number of rotatable bonds is 3. The van der Waals surface area contributed by atoms with Gasteiger partial charge in [0.05, 0.1) is 0 Å². The Morgan fingerprint density at radius 3 is 2.62 bits per heavy atom. The van der Waals surface area contributed by atoms with Gasteiger partial charge in [-0.2, -0.15) is 0 Å². The molecule has 0 saturated carbocycles. The number of carbonyl (C=O) groups excluding carboxylic acids is 1. The first-order valence-electron chi connectivity index (χ1n) is 3.93. The number of phenolic OH excluding ortho intramolecular Hbond substituents is 1. The number of benzene rings is 1. The van der Waals surface area contributed by atoms with E-state index in [1.807, 2.05) is 0 Å². The molecule has 0 aliphatic rings. The van der Waals surface area contributed by atoms with E-state index in [0.29, 0.717) is 5.56 Å². The van der Waals surface area contributed by atoms with Crippen molar-refractivity contribution in [3.63, 3.8) is 0 Å². The molecule has 1 aromatic rings. The number of para-hydroxylation sites is 1. The molecule has 1 atom stereocenters. The monoisotopic (exact) mass is 180 g/mol. The third-order valence-corrected chi connectivity index (χ3v) is 1.76. The molecule has 4 nitrogen and oxygen atoms in total. The molecule has 1 rings (SSSR count). The predicted molar refractivity (Wildman–Crippen MR) is 48.8 cm³/mol. The van der Waals surface area contributed by atoms with Gasteiger partial charge >= 0.3 is 0 Å². The van der Waals surface area contributed by atoms with Gasteiger partial charge in [0.25, 0.3) is 0 Å². The minimum absolute atomic E-state index is 0.0393. The number of hydrogen-bond acceptors (Lipinski definition) is 3. The summed E-state index contributed by atoms with van der Waals surface area (Å²) in [5, 5.41) is 9.36. The van der Waals surface area contributed by atoms with Gasteiger partial charge in [-0.05, 0) is 6.07 Å². The fraction of sp³-hybridized carbons (Fsp3) is 0.222. The van der Waals surface area contributed by atoms with Gasteiger partial charge < -0.3 is 16.6 Å². The molecule has 1 amide bonds. The van der Waals surface area contributed by atoms with Crippen LogP contribution in [0.3, 0.4) is 0 Å². The Kier molecular flexibility index (Phi) is 2.87. The average Bonchev–Trinajstić information content (AvgIpc) is 2.03. The molecule has 70 valence electrons. The van der Waals surface area contributed by atoms with Gasteiger partial charge in [-0.1, -0.05) is 18.2 Å². The summed E-state index contributed by atoms with van der Waals surface area (Å²) in [6.45, 7) is 0. The largest absolute Gasteiger partial charge is 0.508 e. The van der Waals surface area contributed by atoms with Crippen LogP contribution in [-0.2, 0) is 4.79 Å². The van der Waals surface area contributed by atoms with Crippen LogP contribution in [0.1, 0.15) is 18.0 Å². The fourth-order valence-corrected chi connectivity index (χ4v) is 1.13. The molecule has 0 heterocycles. The van der Waals surface area contributed by atoms with E-state index in [4.69, 9.17) is 11.5 Å². The minimum Gasteiger partial charge on any atom is -0.508 e. The first-order valence-corrected chi connectivity index (χ1v) is 3.93. The standard InChI is InChI=1S/C9H12N2O2/c10-7(5-9(11)13)6-3-1-2-4-8(6)12/h1-4,7,12H,5,10H2,(H2,11,13). The second-order valence-corrected chi connectivity index (χ2v) is 2.84. The Hall–Kier alpha value is -1.55. The topological polar surface area (TPSA) is 89.3 Å². The highest BCUT2D eigenvalue weighted by Crippen LogP contribution is 2.23. The number of phenols is 1. The molecular weight excluding hydrogens is 168 g/mol. The van der Waals surface area contributed by atoms with Gasteiger partial charge in [0, 0.05) is 18.0 Å². The highest BCUT2D eigenvalue weighted by molar-refractivity contribution is 5.74. The molecule has 0 fully saturated rings. The molecule has 5 N–H and O–H groups in total. The number of nitrogens with two attached hydrogens (primary N) is 2. The van der Waals surface area contributed by atoms with Crippen LogP contribution in [0.25, 0.3) is 0 Å². The summed E-state index contributed by atoms with van der Waals surface area (Å²) in [5.41, 5.74) is 11.2. The second kappa shape index (κ2) is 3.91. The summed E-state index contributed by atoms with van der Waals surface area (Å²) in [4.78, 5) is 10.6. The van der Waals surface area contributed by atoms with Crippen LogP contribution in [0.5, 0.6) is 5.75 Å². The van der Waals surface area contributed by atoms with Gasteiger partial charge in [0.2, 0.25) is 5.91 Å². The minimum atomic E-state index is -0.529. The second-order valence-electron chi connectivity index (χ2n) is 2.84. The Morgan fingerprint density at radius 2 is 2.08 bits per heavy atom. The average molecular weight is 180 g/mol. The summed E-state index contributed by atoms with van der Waals surface area (Å²) >= 11 is 0. The summed E-state index contributed by atoms with van der Waals surface area (Å²) < 4.78 is 0. The lowest BCUT2D eigenvalue weighted by Gasteiger charge is -2.10. The Labute approximate surface area is 76.2 Å². The first kappa shape index (κ1) is 9.54. The van der Waals surface area contributed by atoms with Crippen molar-refractivity contribution in [1.82, 2.24) is 0 Å². The molecule has 0 saturated heterocycles. The third-order valence-electron chi connectivity index (χ3n) is 1.76. The summed E-state index contributed by atoms with van der Waals surface area (Å²) in [6.07, 6.45) is 0.0393. The van der Waals surface area contributed by atoms with Crippen molar-refractivity contribution in [2.24, 2.45) is 11.5 Å². The Balaban J connectivity index is 2.82. The third kappa shape index (κ3) is 2.45. The zero-order valence-corrected chi connectivity index (χ0v) is 7.10. The molecule has 1 aromatic carbocycles. The van der Waals surface area contributed by atoms with E-state index in [-0.39, 0.29) is 12.2 Å². The summed E-state index contributed by atoms with van der Waals surface area (Å²) in [6, 6.07) is 6.10. The van der Waals surface area contributed by atoms with Crippen molar-refractivity contribution in [1.29, 1.82) is 0 Å². The van der Waals surface area contributed by atoms with Crippen molar-refractivity contribution in [3.8, 4) is 5.75 Å². The van der Waals surface area contributed by atoms with Crippen molar-refractivity contribution in [2.75, 3.05) is 0 Å². The van der Waals surface area contributed by atoms with Crippen molar-refractivity contribution in [2.45, 2.75) is 12.5 Å². The van der Waals surface area contributed by atoms with E-state index in [9.17, 15) is 9.90 Å². The number of carbonyl (C=O) groups is 1. The van der Waals surface area contributed by atoms with Crippen molar-refractivity contribution < 1.29 is 9.90 Å². The lowest BCUT2D eigenvalue weighted by molar-refractivity contribution is -0.118. The van der Waals surface area contributed by atoms with E-state index < -0.39 is 11.9 Å². The highest BCUT2D eigenvalue weighted by Gasteiger charge is 2.12. The SMILES string of the molecule is NC(=O)CC(N)c1ccccc1O. The molecular formula is C9H12N2O2. The van der Waals surface area contributed by atoms with E-state index >= 15 is 0 Å². The molecule has 0 bridgehead atoms. The van der Waals surface area contributed by atoms with Crippen LogP contribution in [0.4, 0.5) is 0 Å². The fourth-order valence-electron chi connectivity index (χ4n) is 1.13. The zero-order valence-electron chi connectivity index (χ0n) is 7.10. The van der Waals surface area contributed by atoms with Gasteiger partial charge in [-0.15, -0.1) is 0 Å².